The SMILES string of the molecule is COc1ccc(C(=O)[C@H](OC(=O)c2ccccc2N2C(=O)[C@@H]3[C@H]4CC[C@@H](C4)[C@@H]3C2=O)c2ccccc2)cc1. The van der Waals surface area contributed by atoms with Crippen molar-refractivity contribution in [3.8, 4) is 5.75 Å². The Balaban J connectivity index is 1.32. The number of benzene rings is 3. The Morgan fingerprint density at radius 2 is 1.42 bits per heavy atom. The van der Waals surface area contributed by atoms with Crippen molar-refractivity contribution in [3.05, 3.63) is 95.6 Å². The van der Waals surface area contributed by atoms with Crippen LogP contribution in [0.4, 0.5) is 5.69 Å². The van der Waals surface area contributed by atoms with E-state index in [9.17, 15) is 19.2 Å². The smallest absolute Gasteiger partial charge is 0.341 e. The molecule has 2 aliphatic carbocycles. The summed E-state index contributed by atoms with van der Waals surface area (Å²) in [6.45, 7) is 0. The van der Waals surface area contributed by atoms with Gasteiger partial charge in [0.05, 0.1) is 30.2 Å². The predicted octanol–water partition coefficient (Wildman–Crippen LogP) is 5.01. The Morgan fingerprint density at radius 3 is 2.05 bits per heavy atom. The fourth-order valence-electron chi connectivity index (χ4n) is 6.47. The number of imide groups is 1. The Labute approximate surface area is 220 Å². The van der Waals surface area contributed by atoms with Crippen molar-refractivity contribution in [2.24, 2.45) is 23.7 Å². The van der Waals surface area contributed by atoms with Crippen LogP contribution in [-0.2, 0) is 14.3 Å². The lowest BCUT2D eigenvalue weighted by atomic mass is 9.81. The number of hydrogen-bond donors (Lipinski definition) is 0. The number of ketones is 1. The number of methoxy groups -OCH3 is 1. The number of rotatable bonds is 7. The van der Waals surface area contributed by atoms with Gasteiger partial charge in [-0.25, -0.2) is 9.69 Å². The third-order valence-electron chi connectivity index (χ3n) is 8.23. The Bertz CT molecular complexity index is 1390. The molecule has 3 fully saturated rings. The predicted molar refractivity (Wildman–Crippen MR) is 139 cm³/mol. The van der Waals surface area contributed by atoms with E-state index < -0.39 is 17.9 Å². The zero-order valence-electron chi connectivity index (χ0n) is 20.9. The third-order valence-corrected chi connectivity index (χ3v) is 8.23. The van der Waals surface area contributed by atoms with E-state index in [1.165, 1.54) is 18.1 Å². The highest BCUT2D eigenvalue weighted by Gasteiger charge is 2.61. The van der Waals surface area contributed by atoms with E-state index in [1.807, 2.05) is 6.07 Å². The molecule has 3 aliphatic rings. The van der Waals surface area contributed by atoms with E-state index in [2.05, 4.69) is 0 Å². The van der Waals surface area contributed by atoms with Crippen molar-refractivity contribution in [1.29, 1.82) is 0 Å². The minimum atomic E-state index is -1.22. The number of carbonyl (C=O) groups excluding carboxylic acids is 4. The number of carbonyl (C=O) groups is 4. The lowest BCUT2D eigenvalue weighted by Gasteiger charge is -2.22. The number of esters is 1. The quantitative estimate of drug-likeness (QED) is 0.253. The summed E-state index contributed by atoms with van der Waals surface area (Å²) in [6, 6.07) is 21.8. The molecular formula is C31H27NO6. The standard InChI is InChI=1S/C31H27NO6/c1-37-22-15-13-18(14-16-22)27(33)28(19-7-3-2-4-8-19)38-31(36)23-9-5-6-10-24(23)32-29(34)25-20-11-12-21(17-20)26(25)30(32)35/h2-10,13-16,20-21,25-26,28H,11-12,17H2,1H3/t20-,21-,25-,26+,28+/m0/s1. The summed E-state index contributed by atoms with van der Waals surface area (Å²) in [5.41, 5.74) is 1.16. The van der Waals surface area contributed by atoms with Gasteiger partial charge in [-0.3, -0.25) is 14.4 Å². The molecule has 1 saturated heterocycles. The minimum absolute atomic E-state index is 0.0741. The van der Waals surface area contributed by atoms with Crippen molar-refractivity contribution < 1.29 is 28.7 Å². The summed E-state index contributed by atoms with van der Waals surface area (Å²) in [6.07, 6.45) is 1.64. The molecule has 0 spiro atoms. The maximum atomic E-state index is 13.6. The van der Waals surface area contributed by atoms with Crippen LogP contribution in [0.1, 0.15) is 51.6 Å². The lowest BCUT2D eigenvalue weighted by molar-refractivity contribution is -0.123. The van der Waals surface area contributed by atoms with Crippen LogP contribution in [0.2, 0.25) is 0 Å². The van der Waals surface area contributed by atoms with Crippen LogP contribution in [0.3, 0.4) is 0 Å². The van der Waals surface area contributed by atoms with Gasteiger partial charge >= 0.3 is 5.97 Å². The molecule has 6 rings (SSSR count). The van der Waals surface area contributed by atoms with E-state index in [1.54, 1.807) is 66.7 Å². The number of Topliss-reactive ketones (excluding diaryl/α,β-unsaturated/α-hetero) is 1. The lowest BCUT2D eigenvalue weighted by Crippen LogP contribution is -2.34. The monoisotopic (exact) mass is 509 g/mol. The number of hydrogen-bond acceptors (Lipinski definition) is 6. The Morgan fingerprint density at radius 1 is 0.816 bits per heavy atom. The fraction of sp³-hybridized carbons (Fsp3) is 0.290. The molecule has 38 heavy (non-hydrogen) atoms. The summed E-state index contributed by atoms with van der Waals surface area (Å²) >= 11 is 0. The van der Waals surface area contributed by atoms with Gasteiger partial charge in [-0.2, -0.15) is 0 Å². The molecule has 2 bridgehead atoms. The summed E-state index contributed by atoms with van der Waals surface area (Å²) in [4.78, 5) is 55.2. The van der Waals surface area contributed by atoms with Crippen molar-refractivity contribution in [2.75, 3.05) is 12.0 Å². The van der Waals surface area contributed by atoms with Gasteiger partial charge in [0.15, 0.2) is 6.10 Å². The van der Waals surface area contributed by atoms with Gasteiger partial charge in [0.1, 0.15) is 5.75 Å². The average molecular weight is 510 g/mol. The van der Waals surface area contributed by atoms with Crippen molar-refractivity contribution in [2.45, 2.75) is 25.4 Å². The van der Waals surface area contributed by atoms with Gasteiger partial charge in [0.25, 0.3) is 0 Å². The normalized spacial score (nSPS) is 24.3. The minimum Gasteiger partial charge on any atom is -0.497 e. The molecule has 1 aliphatic heterocycles. The first-order valence-electron chi connectivity index (χ1n) is 12.9. The first kappa shape index (κ1) is 24.1. The fourth-order valence-corrected chi connectivity index (χ4v) is 6.47. The second-order valence-electron chi connectivity index (χ2n) is 10.2. The zero-order valence-corrected chi connectivity index (χ0v) is 20.9. The molecule has 0 radical (unpaired) electrons. The first-order valence-corrected chi connectivity index (χ1v) is 12.9. The van der Waals surface area contributed by atoms with Gasteiger partial charge < -0.3 is 9.47 Å². The summed E-state index contributed by atoms with van der Waals surface area (Å²) in [5.74, 6) is -1.20. The molecule has 192 valence electrons. The van der Waals surface area contributed by atoms with Gasteiger partial charge in [-0.1, -0.05) is 42.5 Å². The highest BCUT2D eigenvalue weighted by Crippen LogP contribution is 2.56. The second kappa shape index (κ2) is 9.56. The second-order valence-corrected chi connectivity index (χ2v) is 10.2. The maximum absolute atomic E-state index is 13.6. The molecule has 1 heterocycles. The molecule has 3 aromatic rings. The number of amides is 2. The van der Waals surface area contributed by atoms with Crippen LogP contribution in [-0.4, -0.2) is 30.7 Å². The topological polar surface area (TPSA) is 90.0 Å². The van der Waals surface area contributed by atoms with Gasteiger partial charge in [-0.15, -0.1) is 0 Å². The largest absolute Gasteiger partial charge is 0.497 e. The molecule has 7 nitrogen and oxygen atoms in total. The van der Waals surface area contributed by atoms with Crippen molar-refractivity contribution in [1.82, 2.24) is 0 Å². The van der Waals surface area contributed by atoms with E-state index in [-0.39, 0.29) is 46.7 Å². The van der Waals surface area contributed by atoms with Gasteiger partial charge in [-0.05, 0) is 67.5 Å². The summed E-state index contributed by atoms with van der Waals surface area (Å²) in [7, 11) is 1.54. The Kier molecular flexibility index (Phi) is 6.06. The molecule has 2 saturated carbocycles. The van der Waals surface area contributed by atoms with E-state index in [0.717, 1.165) is 19.3 Å². The molecule has 7 heteroatoms. The number of para-hydroxylation sites is 1. The molecule has 5 atom stereocenters. The summed E-state index contributed by atoms with van der Waals surface area (Å²) < 4.78 is 11.0. The average Bonchev–Trinajstić information content (AvgIpc) is 3.65. The first-order chi connectivity index (χ1) is 18.5. The van der Waals surface area contributed by atoms with E-state index >= 15 is 0 Å². The number of anilines is 1. The third kappa shape index (κ3) is 3.90. The molecule has 2 amide bonds. The molecule has 0 unspecified atom stereocenters. The summed E-state index contributed by atoms with van der Waals surface area (Å²) in [5, 5.41) is 0. The van der Waals surface area contributed by atoms with Gasteiger partial charge in [0, 0.05) is 11.1 Å². The van der Waals surface area contributed by atoms with Crippen LogP contribution >= 0.6 is 0 Å². The van der Waals surface area contributed by atoms with E-state index in [4.69, 9.17) is 9.47 Å². The van der Waals surface area contributed by atoms with E-state index in [0.29, 0.717) is 16.9 Å². The molecular weight excluding hydrogens is 482 g/mol. The van der Waals surface area contributed by atoms with Crippen molar-refractivity contribution >= 4 is 29.3 Å². The zero-order chi connectivity index (χ0) is 26.4. The molecule has 3 aromatic carbocycles. The molecule has 0 aromatic heterocycles. The number of nitrogens with zero attached hydrogens (tertiary/aromatic N) is 1. The van der Waals surface area contributed by atoms with Gasteiger partial charge in [0.2, 0.25) is 17.6 Å². The molecule has 0 N–H and O–H groups in total. The highest BCUT2D eigenvalue weighted by atomic mass is 16.5. The van der Waals surface area contributed by atoms with Crippen LogP contribution in [0.15, 0.2) is 78.9 Å². The van der Waals surface area contributed by atoms with Crippen LogP contribution in [0.5, 0.6) is 5.75 Å². The highest BCUT2D eigenvalue weighted by molar-refractivity contribution is 6.24. The number of fused-ring (bicyclic) bond motifs is 5. The Hall–Kier alpha value is -4.26. The van der Waals surface area contributed by atoms with Crippen molar-refractivity contribution in [3.63, 3.8) is 0 Å². The maximum Gasteiger partial charge on any atom is 0.341 e. The van der Waals surface area contributed by atoms with Crippen LogP contribution in [0, 0.1) is 23.7 Å². The van der Waals surface area contributed by atoms with Crippen LogP contribution < -0.4 is 9.64 Å². The van der Waals surface area contributed by atoms with Crippen LogP contribution in [0.25, 0.3) is 0 Å². The number of ether oxygens (including phenoxy) is 2.